The number of hydrogen-bond acceptors (Lipinski definition) is 7. The number of rotatable bonds is 9. The topological polar surface area (TPSA) is 123 Å². The second kappa shape index (κ2) is 11.2. The number of carbonyl (C=O) groups excluding carboxylic acids is 4. The van der Waals surface area contributed by atoms with Gasteiger partial charge in [-0.3, -0.25) is 29.6 Å². The van der Waals surface area contributed by atoms with Crippen molar-refractivity contribution >= 4 is 23.7 Å². The Morgan fingerprint density at radius 1 is 1.06 bits per heavy atom. The first-order chi connectivity index (χ1) is 16.3. The SMILES string of the molecule is COc1ccc(C(=O)NN2C[C@H](C(=O)OCC(=O)N[C@@H](C)c3ccccc3)CC2=O)cc1OC. The van der Waals surface area contributed by atoms with Gasteiger partial charge in [-0.15, -0.1) is 0 Å². The van der Waals surface area contributed by atoms with Gasteiger partial charge in [0.05, 0.1) is 32.7 Å². The molecule has 2 aromatic rings. The average molecular weight is 469 g/mol. The van der Waals surface area contributed by atoms with Crippen LogP contribution in [-0.4, -0.2) is 56.1 Å². The zero-order valence-corrected chi connectivity index (χ0v) is 19.2. The minimum absolute atomic E-state index is 0.0568. The molecule has 0 bridgehead atoms. The molecule has 10 heteroatoms. The first-order valence-corrected chi connectivity index (χ1v) is 10.7. The molecule has 1 fully saturated rings. The minimum atomic E-state index is -0.794. The zero-order valence-electron chi connectivity index (χ0n) is 19.2. The summed E-state index contributed by atoms with van der Waals surface area (Å²) >= 11 is 0. The lowest BCUT2D eigenvalue weighted by Crippen LogP contribution is -2.43. The van der Waals surface area contributed by atoms with Crippen LogP contribution < -0.4 is 20.2 Å². The summed E-state index contributed by atoms with van der Waals surface area (Å²) in [4.78, 5) is 49.4. The molecule has 180 valence electrons. The van der Waals surface area contributed by atoms with Gasteiger partial charge in [0.1, 0.15) is 0 Å². The van der Waals surface area contributed by atoms with Crippen LogP contribution in [0.1, 0.15) is 35.3 Å². The highest BCUT2D eigenvalue weighted by Gasteiger charge is 2.37. The molecule has 1 aliphatic rings. The summed E-state index contributed by atoms with van der Waals surface area (Å²) in [5.41, 5.74) is 3.66. The molecule has 2 N–H and O–H groups in total. The molecule has 0 aliphatic carbocycles. The second-order valence-electron chi connectivity index (χ2n) is 7.72. The molecule has 0 spiro atoms. The molecule has 10 nitrogen and oxygen atoms in total. The van der Waals surface area contributed by atoms with E-state index in [0.717, 1.165) is 10.6 Å². The van der Waals surface area contributed by atoms with Crippen LogP contribution in [0.2, 0.25) is 0 Å². The van der Waals surface area contributed by atoms with Crippen molar-refractivity contribution in [2.75, 3.05) is 27.4 Å². The number of esters is 1. The highest BCUT2D eigenvalue weighted by Crippen LogP contribution is 2.27. The summed E-state index contributed by atoms with van der Waals surface area (Å²) < 4.78 is 15.4. The molecular formula is C24H27N3O7. The number of hydrogen-bond donors (Lipinski definition) is 2. The van der Waals surface area contributed by atoms with Gasteiger partial charge in [0.2, 0.25) is 5.91 Å². The number of nitrogens with zero attached hydrogens (tertiary/aromatic N) is 1. The third kappa shape index (κ3) is 6.03. The summed E-state index contributed by atoms with van der Waals surface area (Å²) in [6, 6.07) is 13.7. The van der Waals surface area contributed by atoms with Crippen LogP contribution in [0, 0.1) is 5.92 Å². The molecule has 0 aromatic heterocycles. The van der Waals surface area contributed by atoms with Gasteiger partial charge in [0.25, 0.3) is 11.8 Å². The van der Waals surface area contributed by atoms with Crippen LogP contribution in [0.4, 0.5) is 0 Å². The van der Waals surface area contributed by atoms with E-state index < -0.39 is 36.2 Å². The molecule has 1 aliphatic heterocycles. The fourth-order valence-electron chi connectivity index (χ4n) is 3.50. The van der Waals surface area contributed by atoms with E-state index in [-0.39, 0.29) is 24.6 Å². The van der Waals surface area contributed by atoms with Crippen LogP contribution >= 0.6 is 0 Å². The molecule has 0 unspecified atom stereocenters. The van der Waals surface area contributed by atoms with Crippen molar-refractivity contribution in [2.24, 2.45) is 5.92 Å². The second-order valence-corrected chi connectivity index (χ2v) is 7.72. The maximum Gasteiger partial charge on any atom is 0.311 e. The quantitative estimate of drug-likeness (QED) is 0.535. The molecule has 2 atom stereocenters. The van der Waals surface area contributed by atoms with Crippen LogP contribution in [-0.2, 0) is 19.1 Å². The average Bonchev–Trinajstić information content (AvgIpc) is 3.22. The Labute approximate surface area is 197 Å². The highest BCUT2D eigenvalue weighted by atomic mass is 16.5. The van der Waals surface area contributed by atoms with Gasteiger partial charge in [-0.05, 0) is 30.7 Å². The van der Waals surface area contributed by atoms with Gasteiger partial charge in [-0.1, -0.05) is 30.3 Å². The number of carbonyl (C=O) groups is 4. The lowest BCUT2D eigenvalue weighted by atomic mass is 10.1. The number of nitrogens with one attached hydrogen (secondary N) is 2. The van der Waals surface area contributed by atoms with Crippen LogP contribution in [0.3, 0.4) is 0 Å². The molecular weight excluding hydrogens is 442 g/mol. The van der Waals surface area contributed by atoms with E-state index in [2.05, 4.69) is 10.7 Å². The first kappa shape index (κ1) is 24.6. The third-order valence-corrected chi connectivity index (χ3v) is 5.36. The summed E-state index contributed by atoms with van der Waals surface area (Å²) in [5, 5.41) is 3.82. The predicted octanol–water partition coefficient (Wildman–Crippen LogP) is 1.62. The van der Waals surface area contributed by atoms with Crippen LogP contribution in [0.15, 0.2) is 48.5 Å². The van der Waals surface area contributed by atoms with E-state index in [1.165, 1.54) is 26.4 Å². The monoisotopic (exact) mass is 469 g/mol. The van der Waals surface area contributed by atoms with E-state index >= 15 is 0 Å². The Morgan fingerprint density at radius 2 is 1.76 bits per heavy atom. The number of ether oxygens (including phenoxy) is 3. The van der Waals surface area contributed by atoms with Crippen molar-refractivity contribution in [3.8, 4) is 11.5 Å². The van der Waals surface area contributed by atoms with Gasteiger partial charge in [-0.2, -0.15) is 0 Å². The molecule has 0 saturated carbocycles. The van der Waals surface area contributed by atoms with E-state index in [1.807, 2.05) is 37.3 Å². The Balaban J connectivity index is 1.49. The summed E-state index contributed by atoms with van der Waals surface area (Å²) in [7, 11) is 2.93. The third-order valence-electron chi connectivity index (χ3n) is 5.36. The van der Waals surface area contributed by atoms with Crippen molar-refractivity contribution in [1.82, 2.24) is 15.8 Å². The van der Waals surface area contributed by atoms with E-state index in [0.29, 0.717) is 11.5 Å². The summed E-state index contributed by atoms with van der Waals surface area (Å²) in [6.45, 7) is 1.31. The van der Waals surface area contributed by atoms with Crippen molar-refractivity contribution in [3.05, 3.63) is 59.7 Å². The van der Waals surface area contributed by atoms with Gasteiger partial charge < -0.3 is 19.5 Å². The molecule has 1 saturated heterocycles. The molecule has 1 heterocycles. The summed E-state index contributed by atoms with van der Waals surface area (Å²) in [5.74, 6) is -2.08. The molecule has 34 heavy (non-hydrogen) atoms. The van der Waals surface area contributed by atoms with Gasteiger partial charge in [-0.25, -0.2) is 0 Å². The van der Waals surface area contributed by atoms with E-state index in [4.69, 9.17) is 14.2 Å². The first-order valence-electron chi connectivity index (χ1n) is 10.7. The maximum absolute atomic E-state index is 12.6. The van der Waals surface area contributed by atoms with E-state index in [9.17, 15) is 19.2 Å². The zero-order chi connectivity index (χ0) is 24.7. The molecule has 2 aromatic carbocycles. The van der Waals surface area contributed by atoms with E-state index in [1.54, 1.807) is 6.07 Å². The predicted molar refractivity (Wildman–Crippen MR) is 121 cm³/mol. The van der Waals surface area contributed by atoms with Crippen molar-refractivity contribution in [3.63, 3.8) is 0 Å². The van der Waals surface area contributed by atoms with Gasteiger partial charge >= 0.3 is 5.97 Å². The Hall–Kier alpha value is -4.08. The number of hydrazine groups is 1. The Morgan fingerprint density at radius 3 is 2.44 bits per heavy atom. The number of amides is 3. The normalized spacial score (nSPS) is 15.9. The Kier molecular flexibility index (Phi) is 8.07. The molecule has 3 amide bonds. The van der Waals surface area contributed by atoms with Crippen molar-refractivity contribution < 1.29 is 33.4 Å². The fourth-order valence-corrected chi connectivity index (χ4v) is 3.50. The number of benzene rings is 2. The lowest BCUT2D eigenvalue weighted by molar-refractivity contribution is -0.152. The lowest BCUT2D eigenvalue weighted by Gasteiger charge is -2.18. The highest BCUT2D eigenvalue weighted by molar-refractivity contribution is 5.97. The van der Waals surface area contributed by atoms with Crippen LogP contribution in [0.25, 0.3) is 0 Å². The Bertz CT molecular complexity index is 1060. The molecule has 3 rings (SSSR count). The maximum atomic E-state index is 12.6. The molecule has 0 radical (unpaired) electrons. The van der Waals surface area contributed by atoms with Crippen molar-refractivity contribution in [1.29, 1.82) is 0 Å². The standard InChI is InChI=1S/C24H27N3O7/c1-15(16-7-5-4-6-8-16)25-21(28)14-34-24(31)18-12-22(29)27(13-18)26-23(30)17-9-10-19(32-2)20(11-17)33-3/h4-11,15,18H,12-14H2,1-3H3,(H,25,28)(H,26,30)/t15-,18+/m0/s1. The fraction of sp³-hybridized carbons (Fsp3) is 0.333. The smallest absolute Gasteiger partial charge is 0.311 e. The number of methoxy groups -OCH3 is 2. The van der Waals surface area contributed by atoms with Gasteiger partial charge in [0.15, 0.2) is 18.1 Å². The largest absolute Gasteiger partial charge is 0.493 e. The minimum Gasteiger partial charge on any atom is -0.493 e. The van der Waals surface area contributed by atoms with Crippen molar-refractivity contribution in [2.45, 2.75) is 19.4 Å². The van der Waals surface area contributed by atoms with Gasteiger partial charge in [0, 0.05) is 12.0 Å². The van der Waals surface area contributed by atoms with Crippen LogP contribution in [0.5, 0.6) is 11.5 Å². The summed E-state index contributed by atoms with van der Waals surface area (Å²) in [6.07, 6.45) is -0.132.